The SMILES string of the molecule is COCC(C)CNc1ccc([N+](=O)[O-])cc1C(F)F. The van der Waals surface area contributed by atoms with Gasteiger partial charge in [0.05, 0.1) is 11.5 Å². The Bertz CT molecular complexity index is 441. The molecule has 1 aromatic rings. The maximum absolute atomic E-state index is 12.9. The largest absolute Gasteiger partial charge is 0.384 e. The van der Waals surface area contributed by atoms with Gasteiger partial charge in [0.1, 0.15) is 0 Å². The van der Waals surface area contributed by atoms with E-state index in [9.17, 15) is 18.9 Å². The number of halogens is 2. The molecule has 0 spiro atoms. The van der Waals surface area contributed by atoms with E-state index in [0.717, 1.165) is 6.07 Å². The number of nitrogens with zero attached hydrogens (tertiary/aromatic N) is 1. The molecule has 0 saturated heterocycles. The molecule has 0 bridgehead atoms. The van der Waals surface area contributed by atoms with E-state index in [4.69, 9.17) is 4.74 Å². The van der Waals surface area contributed by atoms with Crippen molar-refractivity contribution in [2.24, 2.45) is 5.92 Å². The Morgan fingerprint density at radius 2 is 2.16 bits per heavy atom. The van der Waals surface area contributed by atoms with Gasteiger partial charge in [-0.05, 0) is 12.0 Å². The number of nitro benzene ring substituents is 1. The number of rotatable bonds is 7. The number of nitro groups is 1. The fourth-order valence-corrected chi connectivity index (χ4v) is 1.63. The smallest absolute Gasteiger partial charge is 0.270 e. The molecule has 0 radical (unpaired) electrons. The van der Waals surface area contributed by atoms with E-state index in [1.54, 1.807) is 7.11 Å². The molecular weight excluding hydrogens is 258 g/mol. The van der Waals surface area contributed by atoms with Gasteiger partial charge in [-0.1, -0.05) is 6.92 Å². The van der Waals surface area contributed by atoms with Gasteiger partial charge < -0.3 is 10.1 Å². The van der Waals surface area contributed by atoms with Crippen molar-refractivity contribution >= 4 is 11.4 Å². The first-order chi connectivity index (χ1) is 8.95. The zero-order valence-corrected chi connectivity index (χ0v) is 10.7. The molecule has 1 unspecified atom stereocenters. The number of hydrogen-bond donors (Lipinski definition) is 1. The van der Waals surface area contributed by atoms with E-state index in [0.29, 0.717) is 13.2 Å². The van der Waals surface area contributed by atoms with Crippen LogP contribution in [0.4, 0.5) is 20.2 Å². The average molecular weight is 274 g/mol. The minimum Gasteiger partial charge on any atom is -0.384 e. The second kappa shape index (κ2) is 6.98. The molecule has 1 atom stereocenters. The van der Waals surface area contributed by atoms with Crippen molar-refractivity contribution < 1.29 is 18.4 Å². The third kappa shape index (κ3) is 4.44. The Balaban J connectivity index is 2.85. The number of methoxy groups -OCH3 is 1. The minimum atomic E-state index is -2.76. The summed E-state index contributed by atoms with van der Waals surface area (Å²) in [6.45, 7) is 2.86. The Kier molecular flexibility index (Phi) is 5.62. The molecule has 0 aliphatic carbocycles. The summed E-state index contributed by atoms with van der Waals surface area (Å²) in [5.41, 5.74) is -0.492. The van der Waals surface area contributed by atoms with Gasteiger partial charge in [-0.25, -0.2) is 8.78 Å². The lowest BCUT2D eigenvalue weighted by atomic mass is 10.1. The van der Waals surface area contributed by atoms with Crippen LogP contribution in [0, 0.1) is 16.0 Å². The van der Waals surface area contributed by atoms with Crippen molar-refractivity contribution in [3.8, 4) is 0 Å². The zero-order chi connectivity index (χ0) is 14.4. The van der Waals surface area contributed by atoms with Crippen molar-refractivity contribution in [2.45, 2.75) is 13.3 Å². The molecule has 0 fully saturated rings. The average Bonchev–Trinajstić information content (AvgIpc) is 2.36. The molecular formula is C12H16F2N2O3. The van der Waals surface area contributed by atoms with Gasteiger partial charge in [-0.15, -0.1) is 0 Å². The Morgan fingerprint density at radius 3 is 2.68 bits per heavy atom. The zero-order valence-electron chi connectivity index (χ0n) is 10.7. The number of anilines is 1. The fraction of sp³-hybridized carbons (Fsp3) is 0.500. The van der Waals surface area contributed by atoms with E-state index in [1.807, 2.05) is 6.92 Å². The Morgan fingerprint density at radius 1 is 1.47 bits per heavy atom. The summed E-state index contributed by atoms with van der Waals surface area (Å²) in [5, 5.41) is 13.4. The van der Waals surface area contributed by atoms with E-state index in [1.165, 1.54) is 12.1 Å². The van der Waals surface area contributed by atoms with E-state index in [-0.39, 0.29) is 22.9 Å². The highest BCUT2D eigenvalue weighted by Crippen LogP contribution is 2.30. The lowest BCUT2D eigenvalue weighted by molar-refractivity contribution is -0.385. The standard InChI is InChI=1S/C12H16F2N2O3/c1-8(7-19-2)6-15-11-4-3-9(16(17)18)5-10(11)12(13)14/h3-5,8,12,15H,6-7H2,1-2H3. The summed E-state index contributed by atoms with van der Waals surface area (Å²) in [7, 11) is 1.56. The lowest BCUT2D eigenvalue weighted by Gasteiger charge is -2.15. The van der Waals surface area contributed by atoms with E-state index >= 15 is 0 Å². The van der Waals surface area contributed by atoms with Crippen LogP contribution < -0.4 is 5.32 Å². The first kappa shape index (κ1) is 15.3. The van der Waals surface area contributed by atoms with E-state index in [2.05, 4.69) is 5.32 Å². The first-order valence-electron chi connectivity index (χ1n) is 5.75. The molecule has 7 heteroatoms. The third-order valence-electron chi connectivity index (χ3n) is 2.57. The van der Waals surface area contributed by atoms with E-state index < -0.39 is 11.3 Å². The maximum atomic E-state index is 12.9. The summed E-state index contributed by atoms with van der Waals surface area (Å²) < 4.78 is 30.7. The predicted octanol–water partition coefficient (Wildman–Crippen LogP) is 3.23. The van der Waals surface area contributed by atoms with Crippen molar-refractivity contribution in [1.29, 1.82) is 0 Å². The summed E-state index contributed by atoms with van der Waals surface area (Å²) in [6, 6.07) is 3.41. The summed E-state index contributed by atoms with van der Waals surface area (Å²) >= 11 is 0. The molecule has 106 valence electrons. The normalized spacial score (nSPS) is 12.5. The molecule has 1 N–H and O–H groups in total. The Labute approximate surface area is 109 Å². The third-order valence-corrected chi connectivity index (χ3v) is 2.57. The Hall–Kier alpha value is -1.76. The maximum Gasteiger partial charge on any atom is 0.270 e. The summed E-state index contributed by atoms with van der Waals surface area (Å²) in [4.78, 5) is 9.87. The van der Waals surface area contributed by atoms with Crippen molar-refractivity contribution in [3.05, 3.63) is 33.9 Å². The molecule has 1 aromatic carbocycles. The minimum absolute atomic E-state index is 0.144. The molecule has 0 heterocycles. The molecule has 0 amide bonds. The van der Waals surface area contributed by atoms with Gasteiger partial charge in [0.2, 0.25) is 0 Å². The fourth-order valence-electron chi connectivity index (χ4n) is 1.63. The first-order valence-corrected chi connectivity index (χ1v) is 5.75. The van der Waals surface area contributed by atoms with Gasteiger partial charge >= 0.3 is 0 Å². The van der Waals surface area contributed by atoms with Crippen molar-refractivity contribution in [2.75, 3.05) is 25.6 Å². The second-order valence-corrected chi connectivity index (χ2v) is 4.27. The van der Waals surface area contributed by atoms with Crippen LogP contribution in [0.15, 0.2) is 18.2 Å². The summed E-state index contributed by atoms with van der Waals surface area (Å²) in [5.74, 6) is 0.144. The van der Waals surface area contributed by atoms with Crippen LogP contribution >= 0.6 is 0 Å². The molecule has 0 aromatic heterocycles. The van der Waals surface area contributed by atoms with Gasteiger partial charge in [0.25, 0.3) is 12.1 Å². The molecule has 1 rings (SSSR count). The highest BCUT2D eigenvalue weighted by atomic mass is 19.3. The lowest BCUT2D eigenvalue weighted by Crippen LogP contribution is -2.16. The number of benzene rings is 1. The van der Waals surface area contributed by atoms with Crippen LogP contribution in [-0.2, 0) is 4.74 Å². The highest BCUT2D eigenvalue weighted by molar-refractivity contribution is 5.56. The van der Waals surface area contributed by atoms with Crippen LogP contribution in [0.3, 0.4) is 0 Å². The second-order valence-electron chi connectivity index (χ2n) is 4.27. The van der Waals surface area contributed by atoms with Crippen LogP contribution in [0.25, 0.3) is 0 Å². The number of nitrogens with one attached hydrogen (secondary N) is 1. The topological polar surface area (TPSA) is 64.4 Å². The van der Waals surface area contributed by atoms with Crippen LogP contribution in [0.5, 0.6) is 0 Å². The highest BCUT2D eigenvalue weighted by Gasteiger charge is 2.18. The van der Waals surface area contributed by atoms with Crippen molar-refractivity contribution in [3.63, 3.8) is 0 Å². The number of non-ortho nitro benzene ring substituents is 1. The van der Waals surface area contributed by atoms with Gasteiger partial charge in [0, 0.05) is 37.0 Å². The molecule has 0 aliphatic rings. The monoisotopic (exact) mass is 274 g/mol. The van der Waals surface area contributed by atoms with Crippen LogP contribution in [0.2, 0.25) is 0 Å². The summed E-state index contributed by atoms with van der Waals surface area (Å²) in [6.07, 6.45) is -2.76. The number of hydrogen-bond acceptors (Lipinski definition) is 4. The molecule has 5 nitrogen and oxygen atoms in total. The molecule has 0 aliphatic heterocycles. The predicted molar refractivity (Wildman–Crippen MR) is 67.6 cm³/mol. The molecule has 19 heavy (non-hydrogen) atoms. The van der Waals surface area contributed by atoms with Gasteiger partial charge in [-0.3, -0.25) is 10.1 Å². The van der Waals surface area contributed by atoms with Crippen LogP contribution in [-0.4, -0.2) is 25.2 Å². The quantitative estimate of drug-likeness (QED) is 0.612. The van der Waals surface area contributed by atoms with Crippen LogP contribution in [0.1, 0.15) is 18.9 Å². The van der Waals surface area contributed by atoms with Crippen molar-refractivity contribution in [1.82, 2.24) is 0 Å². The number of alkyl halides is 2. The molecule has 0 saturated carbocycles. The van der Waals surface area contributed by atoms with Gasteiger partial charge in [-0.2, -0.15) is 0 Å². The number of ether oxygens (including phenoxy) is 1. The van der Waals surface area contributed by atoms with Gasteiger partial charge in [0.15, 0.2) is 0 Å².